The number of nitrogens with one attached hydrogen (secondary N) is 2. The average Bonchev–Trinajstić information content (AvgIpc) is 2.90. The molecule has 39 heavy (non-hydrogen) atoms. The number of carbonyl (C=O) groups excluding carboxylic acids is 3. The van der Waals surface area contributed by atoms with E-state index in [-0.39, 0.29) is 27.2 Å². The number of primary amides is 1. The van der Waals surface area contributed by atoms with E-state index >= 15 is 0 Å². The molecule has 12 heteroatoms. The van der Waals surface area contributed by atoms with Crippen molar-refractivity contribution in [3.63, 3.8) is 0 Å². The predicted molar refractivity (Wildman–Crippen MR) is 153 cm³/mol. The van der Waals surface area contributed by atoms with Gasteiger partial charge in [0, 0.05) is 27.9 Å². The zero-order valence-electron chi connectivity index (χ0n) is 21.6. The van der Waals surface area contributed by atoms with Crippen LogP contribution in [0.25, 0.3) is 11.1 Å². The lowest BCUT2D eigenvalue weighted by Crippen LogP contribution is -2.43. The van der Waals surface area contributed by atoms with Crippen LogP contribution in [0.3, 0.4) is 0 Å². The second-order valence-electron chi connectivity index (χ2n) is 9.83. The Kier molecular flexibility index (Phi) is 10.8. The fourth-order valence-electron chi connectivity index (χ4n) is 4.67. The van der Waals surface area contributed by atoms with Crippen molar-refractivity contribution >= 4 is 52.0 Å². The summed E-state index contributed by atoms with van der Waals surface area (Å²) in [5.74, 6) is -3.02. The number of rotatable bonds is 11. The van der Waals surface area contributed by atoms with Crippen LogP contribution in [0.4, 0.5) is 0 Å². The highest BCUT2D eigenvalue weighted by Crippen LogP contribution is 2.34. The standard InChI is InChI=1S/C27H34ClN3O6S2/c1-16(32)26(34)31-39(36,37)24-10-6-5-9-20(24)19-12-11-17(14-22(19)28)13-21(25(29)33)27(35)30-15-23(38)18-7-3-2-4-8-18/h5-6,9-12,14,16,18,21,23,32,38H,2-4,7-8,13,15H2,1H3,(H2,29,33)(H,30,35)(H,31,34)/t16-,21?,23-/m0/s1. The number of nitrogens with two attached hydrogens (primary N) is 1. The molecule has 1 saturated carbocycles. The molecule has 0 radical (unpaired) electrons. The Morgan fingerprint density at radius 3 is 2.36 bits per heavy atom. The first-order valence-electron chi connectivity index (χ1n) is 12.8. The average molecular weight is 596 g/mol. The van der Waals surface area contributed by atoms with E-state index in [1.54, 1.807) is 24.3 Å². The minimum Gasteiger partial charge on any atom is -0.384 e. The Morgan fingerprint density at radius 2 is 1.74 bits per heavy atom. The summed E-state index contributed by atoms with van der Waals surface area (Å²) in [6.45, 7) is 1.49. The van der Waals surface area contributed by atoms with Gasteiger partial charge in [-0.2, -0.15) is 12.6 Å². The Hall–Kier alpha value is -2.60. The molecule has 1 aliphatic rings. The molecule has 2 aromatic carbocycles. The summed E-state index contributed by atoms with van der Waals surface area (Å²) >= 11 is 11.2. The Bertz CT molecular complexity index is 1310. The van der Waals surface area contributed by atoms with Crippen LogP contribution in [0.2, 0.25) is 5.02 Å². The van der Waals surface area contributed by atoms with Gasteiger partial charge < -0.3 is 16.2 Å². The van der Waals surface area contributed by atoms with E-state index in [1.165, 1.54) is 24.6 Å². The van der Waals surface area contributed by atoms with Crippen LogP contribution in [0.5, 0.6) is 0 Å². The summed E-state index contributed by atoms with van der Waals surface area (Å²) in [6, 6.07) is 10.7. The largest absolute Gasteiger partial charge is 0.384 e. The van der Waals surface area contributed by atoms with E-state index in [1.807, 2.05) is 4.72 Å². The van der Waals surface area contributed by atoms with Gasteiger partial charge in [0.05, 0.1) is 4.90 Å². The molecule has 9 nitrogen and oxygen atoms in total. The molecule has 5 N–H and O–H groups in total. The van der Waals surface area contributed by atoms with Crippen LogP contribution in [-0.2, 0) is 30.8 Å². The third kappa shape index (κ3) is 8.20. The molecule has 3 amide bonds. The quantitative estimate of drug-likeness (QED) is 0.199. The van der Waals surface area contributed by atoms with Crippen LogP contribution in [0.15, 0.2) is 47.4 Å². The second-order valence-corrected chi connectivity index (χ2v) is 12.5. The summed E-state index contributed by atoms with van der Waals surface area (Å²) in [4.78, 5) is 36.6. The molecule has 3 atom stereocenters. The fraction of sp³-hybridized carbons (Fsp3) is 0.444. The topological polar surface area (TPSA) is 156 Å². The first kappa shape index (κ1) is 30.9. The Balaban J connectivity index is 1.77. The number of thiol groups is 1. The van der Waals surface area contributed by atoms with Crippen LogP contribution in [0.1, 0.15) is 44.6 Å². The van der Waals surface area contributed by atoms with Gasteiger partial charge >= 0.3 is 0 Å². The lowest BCUT2D eigenvalue weighted by Gasteiger charge is -2.27. The number of aliphatic hydroxyl groups excluding tert-OH is 1. The molecule has 2 aromatic rings. The Morgan fingerprint density at radius 1 is 1.08 bits per heavy atom. The first-order valence-corrected chi connectivity index (χ1v) is 15.2. The summed E-state index contributed by atoms with van der Waals surface area (Å²) in [6.07, 6.45) is 4.17. The molecule has 0 spiro atoms. The minimum atomic E-state index is -4.31. The van der Waals surface area contributed by atoms with Gasteiger partial charge in [-0.25, -0.2) is 13.1 Å². The van der Waals surface area contributed by atoms with Gasteiger partial charge in [0.15, 0.2) is 0 Å². The van der Waals surface area contributed by atoms with Gasteiger partial charge in [0.2, 0.25) is 11.8 Å². The SMILES string of the molecule is C[C@H](O)C(=O)NS(=O)(=O)c1ccccc1-c1ccc(CC(C(N)=O)C(=O)NC[C@H](S)C2CCCCC2)cc1Cl. The Labute approximate surface area is 239 Å². The van der Waals surface area contributed by atoms with E-state index in [2.05, 4.69) is 17.9 Å². The number of carbonyl (C=O) groups is 3. The van der Waals surface area contributed by atoms with E-state index in [9.17, 15) is 27.9 Å². The predicted octanol–water partition coefficient (Wildman–Crippen LogP) is 2.83. The highest BCUT2D eigenvalue weighted by molar-refractivity contribution is 7.90. The third-order valence-electron chi connectivity index (χ3n) is 6.89. The zero-order valence-corrected chi connectivity index (χ0v) is 24.1. The van der Waals surface area contributed by atoms with E-state index < -0.39 is 39.8 Å². The third-order valence-corrected chi connectivity index (χ3v) is 9.22. The monoisotopic (exact) mass is 595 g/mol. The maximum absolute atomic E-state index is 12.8. The van der Waals surface area contributed by atoms with Gasteiger partial charge in [0.25, 0.3) is 15.9 Å². The lowest BCUT2D eigenvalue weighted by atomic mass is 9.86. The molecule has 0 bridgehead atoms. The first-order chi connectivity index (χ1) is 18.4. The lowest BCUT2D eigenvalue weighted by molar-refractivity contribution is -0.133. The maximum Gasteiger partial charge on any atom is 0.264 e. The molecular formula is C27H34ClN3O6S2. The smallest absolute Gasteiger partial charge is 0.264 e. The van der Waals surface area contributed by atoms with Crippen molar-refractivity contribution in [1.82, 2.24) is 10.0 Å². The molecule has 212 valence electrons. The second kappa shape index (κ2) is 13.6. The summed E-state index contributed by atoms with van der Waals surface area (Å²) in [7, 11) is -4.31. The molecule has 0 aliphatic heterocycles. The maximum atomic E-state index is 12.8. The highest BCUT2D eigenvalue weighted by atomic mass is 35.5. The van der Waals surface area contributed by atoms with Crippen molar-refractivity contribution in [2.45, 2.75) is 61.7 Å². The van der Waals surface area contributed by atoms with Gasteiger partial charge in [-0.05, 0) is 49.8 Å². The molecular weight excluding hydrogens is 562 g/mol. The van der Waals surface area contributed by atoms with Gasteiger partial charge in [0.1, 0.15) is 12.0 Å². The fourth-order valence-corrected chi connectivity index (χ4v) is 6.64. The minimum absolute atomic E-state index is 0.00164. The number of hydrogen-bond donors (Lipinski definition) is 5. The molecule has 1 aliphatic carbocycles. The van der Waals surface area contributed by atoms with Crippen molar-refractivity contribution in [2.75, 3.05) is 6.54 Å². The van der Waals surface area contributed by atoms with Crippen LogP contribution in [-0.4, -0.2) is 49.1 Å². The number of amides is 3. The van der Waals surface area contributed by atoms with Gasteiger partial charge in [-0.1, -0.05) is 61.2 Å². The summed E-state index contributed by atoms with van der Waals surface area (Å²) in [5, 5.41) is 12.4. The number of sulfonamides is 1. The number of hydrogen-bond acceptors (Lipinski definition) is 7. The van der Waals surface area contributed by atoms with Crippen molar-refractivity contribution < 1.29 is 27.9 Å². The molecule has 0 heterocycles. The van der Waals surface area contributed by atoms with E-state index in [4.69, 9.17) is 17.3 Å². The van der Waals surface area contributed by atoms with Crippen molar-refractivity contribution in [1.29, 1.82) is 0 Å². The van der Waals surface area contributed by atoms with E-state index in [0.29, 0.717) is 23.6 Å². The molecule has 3 rings (SSSR count). The number of halogens is 1. The molecule has 0 saturated heterocycles. The number of benzene rings is 2. The van der Waals surface area contributed by atoms with Crippen LogP contribution in [0, 0.1) is 11.8 Å². The van der Waals surface area contributed by atoms with Crippen molar-refractivity contribution in [3.8, 4) is 11.1 Å². The van der Waals surface area contributed by atoms with E-state index in [0.717, 1.165) is 32.6 Å². The molecule has 0 aromatic heterocycles. The molecule has 1 fully saturated rings. The highest BCUT2D eigenvalue weighted by Gasteiger charge is 2.28. The van der Waals surface area contributed by atoms with Crippen molar-refractivity contribution in [3.05, 3.63) is 53.1 Å². The van der Waals surface area contributed by atoms with Gasteiger partial charge in [-0.15, -0.1) is 0 Å². The normalized spacial score (nSPS) is 16.6. The summed E-state index contributed by atoms with van der Waals surface area (Å²) in [5.41, 5.74) is 6.69. The van der Waals surface area contributed by atoms with Gasteiger partial charge in [-0.3, -0.25) is 14.4 Å². The summed E-state index contributed by atoms with van der Waals surface area (Å²) < 4.78 is 27.5. The molecule has 1 unspecified atom stereocenters. The number of aliphatic hydroxyl groups is 1. The van der Waals surface area contributed by atoms with Crippen molar-refractivity contribution in [2.24, 2.45) is 17.6 Å². The van der Waals surface area contributed by atoms with Crippen LogP contribution >= 0.6 is 24.2 Å². The van der Waals surface area contributed by atoms with Crippen LogP contribution < -0.4 is 15.8 Å². The zero-order chi connectivity index (χ0) is 28.7.